The molecule has 2 aromatic rings. The Balaban J connectivity index is 2.05. The molecule has 0 radical (unpaired) electrons. The van der Waals surface area contributed by atoms with Gasteiger partial charge in [-0.1, -0.05) is 17.7 Å². The van der Waals surface area contributed by atoms with E-state index in [1.165, 1.54) is 0 Å². The Morgan fingerprint density at radius 3 is 2.71 bits per heavy atom. The molecule has 7 nitrogen and oxygen atoms in total. The number of nitrogens with one attached hydrogen (secondary N) is 2. The Labute approximate surface area is 167 Å². The molecular weight excluding hydrogens is 378 g/mol. The average Bonchev–Trinajstić information content (AvgIpc) is 2.65. The van der Waals surface area contributed by atoms with Gasteiger partial charge >= 0.3 is 0 Å². The summed E-state index contributed by atoms with van der Waals surface area (Å²) in [7, 11) is 0. The highest BCUT2D eigenvalue weighted by molar-refractivity contribution is 6.30. The lowest BCUT2D eigenvalue weighted by atomic mass is 9.86. The minimum Gasteiger partial charge on any atom is -0.485 e. The number of benzene rings is 2. The van der Waals surface area contributed by atoms with E-state index in [0.29, 0.717) is 27.6 Å². The van der Waals surface area contributed by atoms with Crippen molar-refractivity contribution in [3.8, 4) is 18.0 Å². The summed E-state index contributed by atoms with van der Waals surface area (Å²) in [5, 5.41) is 35.2. The van der Waals surface area contributed by atoms with E-state index in [-0.39, 0.29) is 5.96 Å². The van der Waals surface area contributed by atoms with Crippen molar-refractivity contribution in [1.82, 2.24) is 5.32 Å². The smallest absolute Gasteiger partial charge is 0.209 e. The van der Waals surface area contributed by atoms with Crippen LogP contribution in [0.1, 0.15) is 31.0 Å². The summed E-state index contributed by atoms with van der Waals surface area (Å²) in [5.74, 6) is 0.668. The van der Waals surface area contributed by atoms with Crippen molar-refractivity contribution in [1.29, 1.82) is 10.5 Å². The summed E-state index contributed by atoms with van der Waals surface area (Å²) in [6.45, 7) is 3.51. The van der Waals surface area contributed by atoms with Gasteiger partial charge in [-0.05, 0) is 50.2 Å². The van der Waals surface area contributed by atoms with Gasteiger partial charge in [0.15, 0.2) is 6.19 Å². The quantitative estimate of drug-likeness (QED) is 0.311. The van der Waals surface area contributed by atoms with E-state index >= 15 is 0 Å². The molecule has 1 aliphatic heterocycles. The highest BCUT2D eigenvalue weighted by Gasteiger charge is 2.43. The van der Waals surface area contributed by atoms with Crippen LogP contribution in [-0.4, -0.2) is 22.8 Å². The van der Waals surface area contributed by atoms with Gasteiger partial charge in [0, 0.05) is 16.3 Å². The lowest BCUT2D eigenvalue weighted by Crippen LogP contribution is -2.49. The molecule has 0 spiro atoms. The molecule has 0 aliphatic carbocycles. The topological polar surface area (TPSA) is 113 Å². The molecule has 28 heavy (non-hydrogen) atoms. The number of aliphatic hydroxyl groups excluding tert-OH is 1. The molecule has 3 rings (SSSR count). The summed E-state index contributed by atoms with van der Waals surface area (Å²) >= 11 is 6.01. The fraction of sp³-hybridized carbons (Fsp3) is 0.250. The van der Waals surface area contributed by atoms with Crippen LogP contribution in [0.2, 0.25) is 5.02 Å². The predicted molar refractivity (Wildman–Crippen MR) is 106 cm³/mol. The molecule has 8 heteroatoms. The molecule has 142 valence electrons. The molecule has 0 saturated heterocycles. The second kappa shape index (κ2) is 7.77. The van der Waals surface area contributed by atoms with Crippen LogP contribution in [-0.2, 0) is 0 Å². The first-order chi connectivity index (χ1) is 13.3. The summed E-state index contributed by atoms with van der Waals surface area (Å²) in [4.78, 5) is 4.53. The highest BCUT2D eigenvalue weighted by Crippen LogP contribution is 2.42. The third-order valence-corrected chi connectivity index (χ3v) is 4.61. The molecule has 0 fully saturated rings. The zero-order chi connectivity index (χ0) is 20.3. The molecule has 0 aromatic heterocycles. The van der Waals surface area contributed by atoms with Crippen LogP contribution in [0.25, 0.3) is 0 Å². The van der Waals surface area contributed by atoms with Crippen molar-refractivity contribution in [3.05, 3.63) is 58.6 Å². The van der Waals surface area contributed by atoms with E-state index in [1.54, 1.807) is 56.3 Å². The standard InChI is InChI=1S/C20H18ClN5O2/c1-20(2)18(27)17(15-8-12(10-22)6-7-16(15)28-20)26-19(24-11-23)25-14-5-3-4-13(21)9-14/h3-9,17-18,27H,1-2H3,(H2,24,25,26)/t17-,18+/m0/s1. The summed E-state index contributed by atoms with van der Waals surface area (Å²) in [6.07, 6.45) is 0.824. The van der Waals surface area contributed by atoms with Gasteiger partial charge in [0.2, 0.25) is 5.96 Å². The first kappa shape index (κ1) is 19.5. The van der Waals surface area contributed by atoms with Gasteiger partial charge in [-0.25, -0.2) is 4.99 Å². The number of hydrogen-bond donors (Lipinski definition) is 3. The molecule has 0 unspecified atom stereocenters. The van der Waals surface area contributed by atoms with Crippen LogP contribution < -0.4 is 15.4 Å². The van der Waals surface area contributed by atoms with Gasteiger partial charge in [0.25, 0.3) is 0 Å². The maximum atomic E-state index is 10.9. The second-order valence-electron chi connectivity index (χ2n) is 6.81. The second-order valence-corrected chi connectivity index (χ2v) is 7.25. The molecule has 0 amide bonds. The lowest BCUT2D eigenvalue weighted by Gasteiger charge is -2.40. The van der Waals surface area contributed by atoms with Crippen LogP contribution in [0.3, 0.4) is 0 Å². The number of hydrogen-bond acceptors (Lipinski definition) is 5. The maximum absolute atomic E-state index is 10.9. The van der Waals surface area contributed by atoms with Gasteiger partial charge in [0.1, 0.15) is 23.5 Å². The third kappa shape index (κ3) is 4.01. The Hall–Kier alpha value is -3.26. The minimum atomic E-state index is -1.01. The number of guanidine groups is 1. The Morgan fingerprint density at radius 1 is 1.25 bits per heavy atom. The summed E-state index contributed by atoms with van der Waals surface area (Å²) in [6, 6.07) is 13.2. The van der Waals surface area contributed by atoms with E-state index < -0.39 is 17.7 Å². The zero-order valence-electron chi connectivity index (χ0n) is 15.3. The molecule has 1 heterocycles. The van der Waals surface area contributed by atoms with Crippen molar-refractivity contribution < 1.29 is 9.84 Å². The normalized spacial score (nSPS) is 20.1. The number of nitriles is 2. The number of nitrogens with zero attached hydrogens (tertiary/aromatic N) is 3. The van der Waals surface area contributed by atoms with Gasteiger partial charge in [-0.15, -0.1) is 0 Å². The van der Waals surface area contributed by atoms with Crippen LogP contribution in [0, 0.1) is 22.8 Å². The molecular formula is C20H18ClN5O2. The van der Waals surface area contributed by atoms with Crippen molar-refractivity contribution in [2.75, 3.05) is 5.32 Å². The molecule has 2 atom stereocenters. The number of aliphatic hydroxyl groups is 1. The van der Waals surface area contributed by atoms with E-state index in [1.807, 2.05) is 6.19 Å². The molecule has 3 N–H and O–H groups in total. The Kier molecular flexibility index (Phi) is 5.41. The van der Waals surface area contributed by atoms with Crippen LogP contribution in [0.5, 0.6) is 5.75 Å². The zero-order valence-corrected chi connectivity index (χ0v) is 16.0. The molecule has 0 bridgehead atoms. The monoisotopic (exact) mass is 395 g/mol. The van der Waals surface area contributed by atoms with E-state index in [2.05, 4.69) is 21.7 Å². The van der Waals surface area contributed by atoms with Crippen LogP contribution in [0.4, 0.5) is 5.69 Å². The van der Waals surface area contributed by atoms with Gasteiger partial charge in [-0.3, -0.25) is 5.32 Å². The Bertz CT molecular complexity index is 1010. The number of anilines is 1. The number of aliphatic imine (C=N–C) groups is 1. The first-order valence-corrected chi connectivity index (χ1v) is 8.88. The summed E-state index contributed by atoms with van der Waals surface area (Å²) < 4.78 is 5.88. The third-order valence-electron chi connectivity index (χ3n) is 4.37. The molecule has 2 aromatic carbocycles. The largest absolute Gasteiger partial charge is 0.485 e. The number of rotatable bonds is 2. The summed E-state index contributed by atoms with van der Waals surface area (Å²) in [5.41, 5.74) is 0.701. The first-order valence-electron chi connectivity index (χ1n) is 8.50. The van der Waals surface area contributed by atoms with E-state index in [0.717, 1.165) is 0 Å². The van der Waals surface area contributed by atoms with Gasteiger partial charge in [-0.2, -0.15) is 10.5 Å². The number of fused-ring (bicyclic) bond motifs is 1. The van der Waals surface area contributed by atoms with Crippen molar-refractivity contribution in [3.63, 3.8) is 0 Å². The van der Waals surface area contributed by atoms with Crippen molar-refractivity contribution in [2.45, 2.75) is 31.6 Å². The number of halogens is 1. The van der Waals surface area contributed by atoms with Gasteiger partial charge < -0.3 is 15.2 Å². The molecule has 0 saturated carbocycles. The molecule has 1 aliphatic rings. The minimum absolute atomic E-state index is 0.139. The predicted octanol–water partition coefficient (Wildman–Crippen LogP) is 3.32. The van der Waals surface area contributed by atoms with Crippen LogP contribution >= 0.6 is 11.6 Å². The van der Waals surface area contributed by atoms with Crippen LogP contribution in [0.15, 0.2) is 47.5 Å². The van der Waals surface area contributed by atoms with E-state index in [9.17, 15) is 10.4 Å². The highest BCUT2D eigenvalue weighted by atomic mass is 35.5. The Morgan fingerprint density at radius 2 is 2.04 bits per heavy atom. The lowest BCUT2D eigenvalue weighted by molar-refractivity contribution is -0.0567. The van der Waals surface area contributed by atoms with Crippen molar-refractivity contribution >= 4 is 23.2 Å². The fourth-order valence-electron chi connectivity index (χ4n) is 2.97. The van der Waals surface area contributed by atoms with E-state index in [4.69, 9.17) is 21.6 Å². The van der Waals surface area contributed by atoms with Crippen molar-refractivity contribution in [2.24, 2.45) is 4.99 Å². The van der Waals surface area contributed by atoms with Gasteiger partial charge in [0.05, 0.1) is 11.6 Å². The maximum Gasteiger partial charge on any atom is 0.209 e. The number of ether oxygens (including phenoxy) is 1. The SMILES string of the molecule is CC1(C)Oc2ccc(C#N)cc2[C@H](N=C(NC#N)Nc2cccc(Cl)c2)[C@H]1O. The fourth-order valence-corrected chi connectivity index (χ4v) is 3.16. The average molecular weight is 396 g/mol.